The summed E-state index contributed by atoms with van der Waals surface area (Å²) in [5.74, 6) is 1.75. The second kappa shape index (κ2) is 3.53. The lowest BCUT2D eigenvalue weighted by molar-refractivity contribution is 0.665. The molecule has 15 heavy (non-hydrogen) atoms. The molecule has 0 unspecified atom stereocenters. The van der Waals surface area contributed by atoms with Gasteiger partial charge >= 0.3 is 0 Å². The summed E-state index contributed by atoms with van der Waals surface area (Å²) < 4.78 is 2.08. The molecule has 1 aliphatic carbocycles. The van der Waals surface area contributed by atoms with Crippen molar-refractivity contribution in [1.82, 2.24) is 9.38 Å². The number of halogens is 1. The summed E-state index contributed by atoms with van der Waals surface area (Å²) in [6.07, 6.45) is 7.07. The van der Waals surface area contributed by atoms with Crippen molar-refractivity contribution in [3.05, 3.63) is 35.4 Å². The molecule has 0 saturated heterocycles. The maximum atomic E-state index is 6.20. The molecule has 0 aliphatic heterocycles. The summed E-state index contributed by atoms with van der Waals surface area (Å²) in [5, 5.41) is 0.770. The fourth-order valence-corrected chi connectivity index (χ4v) is 2.76. The van der Waals surface area contributed by atoms with Crippen LogP contribution in [0.3, 0.4) is 0 Å². The zero-order chi connectivity index (χ0) is 10.3. The highest BCUT2D eigenvalue weighted by Gasteiger charge is 2.21. The van der Waals surface area contributed by atoms with E-state index in [1.54, 1.807) is 0 Å². The predicted molar refractivity (Wildman–Crippen MR) is 61.4 cm³/mol. The minimum atomic E-state index is 0.604. The van der Waals surface area contributed by atoms with Gasteiger partial charge in [-0.25, -0.2) is 4.98 Å². The van der Waals surface area contributed by atoms with E-state index in [1.807, 2.05) is 18.3 Å². The third-order valence-corrected chi connectivity index (χ3v) is 3.55. The third kappa shape index (κ3) is 1.44. The van der Waals surface area contributed by atoms with Crippen molar-refractivity contribution in [2.45, 2.75) is 31.6 Å². The zero-order valence-corrected chi connectivity index (χ0v) is 9.24. The zero-order valence-electron chi connectivity index (χ0n) is 8.49. The standard InChI is InChI=1S/C12H13ClN2/c13-11-7-3-6-10-8-14-12(15(10)11)9-4-1-2-5-9/h3,6-9H,1-2,4-5H2. The van der Waals surface area contributed by atoms with Gasteiger partial charge in [-0.2, -0.15) is 0 Å². The fraction of sp³-hybridized carbons (Fsp3) is 0.417. The Morgan fingerprint density at radius 1 is 1.27 bits per heavy atom. The number of pyridine rings is 1. The van der Waals surface area contributed by atoms with E-state index in [0.29, 0.717) is 5.92 Å². The smallest absolute Gasteiger partial charge is 0.117 e. The van der Waals surface area contributed by atoms with Crippen LogP contribution in [0.25, 0.3) is 5.52 Å². The molecule has 2 nitrogen and oxygen atoms in total. The van der Waals surface area contributed by atoms with E-state index in [1.165, 1.54) is 25.7 Å². The molecule has 1 fully saturated rings. The highest BCUT2D eigenvalue weighted by atomic mass is 35.5. The Balaban J connectivity index is 2.18. The van der Waals surface area contributed by atoms with Crippen LogP contribution in [0, 0.1) is 0 Å². The molecule has 0 aromatic carbocycles. The van der Waals surface area contributed by atoms with Crippen LogP contribution in [0.15, 0.2) is 24.4 Å². The molecule has 3 rings (SSSR count). The molecule has 0 amide bonds. The molecule has 0 atom stereocenters. The number of nitrogens with zero attached hydrogens (tertiary/aromatic N) is 2. The lowest BCUT2D eigenvalue weighted by Gasteiger charge is -2.08. The number of fused-ring (bicyclic) bond motifs is 1. The van der Waals surface area contributed by atoms with Crippen LogP contribution < -0.4 is 0 Å². The lowest BCUT2D eigenvalue weighted by atomic mass is 10.1. The average molecular weight is 221 g/mol. The first kappa shape index (κ1) is 9.22. The third-order valence-electron chi connectivity index (χ3n) is 3.25. The molecule has 3 heteroatoms. The van der Waals surface area contributed by atoms with E-state index < -0.39 is 0 Å². The van der Waals surface area contributed by atoms with Gasteiger partial charge in [-0.05, 0) is 25.0 Å². The van der Waals surface area contributed by atoms with Gasteiger partial charge in [0.2, 0.25) is 0 Å². The lowest BCUT2D eigenvalue weighted by Crippen LogP contribution is -2.00. The minimum absolute atomic E-state index is 0.604. The van der Waals surface area contributed by atoms with Gasteiger partial charge in [0.15, 0.2) is 0 Å². The molecule has 2 aromatic rings. The van der Waals surface area contributed by atoms with E-state index in [0.717, 1.165) is 16.5 Å². The van der Waals surface area contributed by atoms with Crippen molar-refractivity contribution in [2.75, 3.05) is 0 Å². The minimum Gasteiger partial charge on any atom is -0.287 e. The second-order valence-electron chi connectivity index (χ2n) is 4.21. The number of aromatic nitrogens is 2. The Kier molecular flexibility index (Phi) is 2.17. The highest BCUT2D eigenvalue weighted by molar-refractivity contribution is 6.29. The monoisotopic (exact) mass is 220 g/mol. The van der Waals surface area contributed by atoms with Gasteiger partial charge in [0.25, 0.3) is 0 Å². The highest BCUT2D eigenvalue weighted by Crippen LogP contribution is 2.34. The predicted octanol–water partition coefficient (Wildman–Crippen LogP) is 3.65. The van der Waals surface area contributed by atoms with Crippen LogP contribution in [-0.4, -0.2) is 9.38 Å². The van der Waals surface area contributed by atoms with Crippen LogP contribution in [0.2, 0.25) is 5.15 Å². The molecule has 1 aliphatic rings. The topological polar surface area (TPSA) is 17.3 Å². The Bertz CT molecular complexity index is 483. The van der Waals surface area contributed by atoms with Crippen LogP contribution >= 0.6 is 11.6 Å². The van der Waals surface area contributed by atoms with E-state index >= 15 is 0 Å². The van der Waals surface area contributed by atoms with Crippen molar-refractivity contribution in [2.24, 2.45) is 0 Å². The Labute approximate surface area is 93.9 Å². The van der Waals surface area contributed by atoms with Crippen molar-refractivity contribution in [3.63, 3.8) is 0 Å². The summed E-state index contributed by atoms with van der Waals surface area (Å²) in [5.41, 5.74) is 1.10. The van der Waals surface area contributed by atoms with E-state index in [-0.39, 0.29) is 0 Å². The molecular weight excluding hydrogens is 208 g/mol. The van der Waals surface area contributed by atoms with Gasteiger partial charge in [-0.15, -0.1) is 0 Å². The maximum absolute atomic E-state index is 6.20. The molecule has 2 aromatic heterocycles. The molecule has 0 radical (unpaired) electrons. The summed E-state index contributed by atoms with van der Waals surface area (Å²) >= 11 is 6.20. The number of hydrogen-bond acceptors (Lipinski definition) is 1. The van der Waals surface area contributed by atoms with Crippen LogP contribution in [0.5, 0.6) is 0 Å². The van der Waals surface area contributed by atoms with Gasteiger partial charge in [-0.1, -0.05) is 30.5 Å². The maximum Gasteiger partial charge on any atom is 0.117 e. The SMILES string of the molecule is Clc1cccc2cnc(C3CCCC3)n12. The molecule has 1 saturated carbocycles. The van der Waals surface area contributed by atoms with Gasteiger partial charge in [0.05, 0.1) is 11.7 Å². The Morgan fingerprint density at radius 3 is 2.87 bits per heavy atom. The van der Waals surface area contributed by atoms with E-state index in [2.05, 4.69) is 15.5 Å². The Morgan fingerprint density at radius 2 is 2.07 bits per heavy atom. The molecule has 0 spiro atoms. The summed E-state index contributed by atoms with van der Waals surface area (Å²) in [7, 11) is 0. The van der Waals surface area contributed by atoms with E-state index in [9.17, 15) is 0 Å². The molecule has 0 N–H and O–H groups in total. The van der Waals surface area contributed by atoms with Crippen LogP contribution in [0.1, 0.15) is 37.4 Å². The second-order valence-corrected chi connectivity index (χ2v) is 4.59. The average Bonchev–Trinajstić information content (AvgIpc) is 2.85. The first-order valence-electron chi connectivity index (χ1n) is 5.48. The molecule has 2 heterocycles. The first-order chi connectivity index (χ1) is 7.36. The fourth-order valence-electron chi connectivity index (χ4n) is 2.50. The van der Waals surface area contributed by atoms with Crippen molar-refractivity contribution < 1.29 is 0 Å². The van der Waals surface area contributed by atoms with Gasteiger partial charge in [0.1, 0.15) is 11.0 Å². The number of hydrogen-bond donors (Lipinski definition) is 0. The summed E-state index contributed by atoms with van der Waals surface area (Å²) in [6.45, 7) is 0. The van der Waals surface area contributed by atoms with Crippen molar-refractivity contribution >= 4 is 17.1 Å². The van der Waals surface area contributed by atoms with Crippen LogP contribution in [0.4, 0.5) is 0 Å². The van der Waals surface area contributed by atoms with E-state index in [4.69, 9.17) is 11.6 Å². The van der Waals surface area contributed by atoms with Gasteiger partial charge in [0, 0.05) is 5.92 Å². The van der Waals surface area contributed by atoms with Gasteiger partial charge < -0.3 is 0 Å². The Hall–Kier alpha value is -1.02. The first-order valence-corrected chi connectivity index (χ1v) is 5.86. The van der Waals surface area contributed by atoms with Gasteiger partial charge in [-0.3, -0.25) is 4.40 Å². The molecule has 0 bridgehead atoms. The van der Waals surface area contributed by atoms with Crippen molar-refractivity contribution in [1.29, 1.82) is 0 Å². The van der Waals surface area contributed by atoms with Crippen molar-refractivity contribution in [3.8, 4) is 0 Å². The number of imidazole rings is 1. The van der Waals surface area contributed by atoms with Crippen LogP contribution in [-0.2, 0) is 0 Å². The number of rotatable bonds is 1. The largest absolute Gasteiger partial charge is 0.287 e. The normalized spacial score (nSPS) is 17.7. The summed E-state index contributed by atoms with van der Waals surface area (Å²) in [6, 6.07) is 5.95. The molecule has 78 valence electrons. The summed E-state index contributed by atoms with van der Waals surface area (Å²) in [4.78, 5) is 4.52. The quantitative estimate of drug-likeness (QED) is 0.671. The molecular formula is C12H13ClN2.